The second-order valence-corrected chi connectivity index (χ2v) is 7.04. The van der Waals surface area contributed by atoms with E-state index in [-0.39, 0.29) is 24.3 Å². The number of rotatable bonds is 6. The number of hydrogen-bond acceptors (Lipinski definition) is 6. The molecule has 0 saturated carbocycles. The highest BCUT2D eigenvalue weighted by atomic mass is 32.1. The van der Waals surface area contributed by atoms with E-state index in [2.05, 4.69) is 20.0 Å². The third-order valence-corrected chi connectivity index (χ3v) is 4.97. The lowest BCUT2D eigenvalue weighted by Crippen LogP contribution is -2.29. The number of benzene rings is 1. The fraction of sp³-hybridized carbons (Fsp3) is 0.176. The van der Waals surface area contributed by atoms with Gasteiger partial charge in [-0.3, -0.25) is 9.59 Å². The van der Waals surface area contributed by atoms with Gasteiger partial charge in [-0.05, 0) is 11.4 Å². The van der Waals surface area contributed by atoms with Gasteiger partial charge in [0.1, 0.15) is 0 Å². The lowest BCUT2D eigenvalue weighted by Gasteiger charge is -2.15. The van der Waals surface area contributed by atoms with Crippen molar-refractivity contribution in [2.75, 3.05) is 5.32 Å². The molecule has 0 aliphatic heterocycles. The zero-order valence-corrected chi connectivity index (χ0v) is 15.1. The van der Waals surface area contributed by atoms with Gasteiger partial charge in [-0.15, -0.1) is 11.3 Å². The Labute approximate surface area is 153 Å². The molecule has 0 spiro atoms. The minimum Gasteiger partial charge on any atom is -0.348 e. The van der Waals surface area contributed by atoms with E-state index in [1.807, 2.05) is 47.8 Å². The lowest BCUT2D eigenvalue weighted by molar-refractivity contribution is -0.120. The average molecular weight is 372 g/mol. The van der Waals surface area contributed by atoms with Crippen LogP contribution in [-0.2, 0) is 9.59 Å². The molecule has 0 aliphatic rings. The first-order chi connectivity index (χ1) is 12.1. The Morgan fingerprint density at radius 2 is 1.96 bits per heavy atom. The normalized spacial score (nSPS) is 11.7. The molecule has 2 heterocycles. The summed E-state index contributed by atoms with van der Waals surface area (Å²) < 4.78 is 4.27. The number of hydrogen-bond donors (Lipinski definition) is 2. The largest absolute Gasteiger partial charge is 0.348 e. The van der Waals surface area contributed by atoms with Crippen molar-refractivity contribution in [1.82, 2.24) is 14.7 Å². The highest BCUT2D eigenvalue weighted by molar-refractivity contribution is 7.10. The van der Waals surface area contributed by atoms with Crippen molar-refractivity contribution in [2.24, 2.45) is 0 Å². The van der Waals surface area contributed by atoms with Crippen LogP contribution in [0.5, 0.6) is 0 Å². The van der Waals surface area contributed by atoms with E-state index in [9.17, 15) is 9.59 Å². The molecule has 1 aromatic carbocycles. The number of thiophene rings is 1. The van der Waals surface area contributed by atoms with Crippen molar-refractivity contribution in [3.63, 3.8) is 0 Å². The van der Waals surface area contributed by atoms with Crippen molar-refractivity contribution < 1.29 is 9.59 Å². The molecule has 25 heavy (non-hydrogen) atoms. The van der Waals surface area contributed by atoms with Crippen LogP contribution >= 0.6 is 22.9 Å². The zero-order chi connectivity index (χ0) is 17.6. The van der Waals surface area contributed by atoms with Gasteiger partial charge in [0.2, 0.25) is 16.9 Å². The maximum absolute atomic E-state index is 12.3. The molecule has 8 heteroatoms. The average Bonchev–Trinajstić information content (AvgIpc) is 3.26. The second kappa shape index (κ2) is 8.00. The van der Waals surface area contributed by atoms with E-state index in [0.29, 0.717) is 11.0 Å². The molecule has 0 fully saturated rings. The van der Waals surface area contributed by atoms with Crippen LogP contribution in [0.15, 0.2) is 47.8 Å². The highest BCUT2D eigenvalue weighted by Gasteiger charge is 2.19. The summed E-state index contributed by atoms with van der Waals surface area (Å²) in [7, 11) is 0. The number of carbonyl (C=O) groups excluding carboxylic acids is 2. The van der Waals surface area contributed by atoms with Gasteiger partial charge in [0, 0.05) is 28.9 Å². The van der Waals surface area contributed by atoms with Crippen molar-refractivity contribution in [3.8, 4) is 11.4 Å². The van der Waals surface area contributed by atoms with Crippen molar-refractivity contribution in [1.29, 1.82) is 0 Å². The zero-order valence-electron chi connectivity index (χ0n) is 13.4. The Kier molecular flexibility index (Phi) is 5.52. The molecule has 2 amide bonds. The van der Waals surface area contributed by atoms with Gasteiger partial charge in [0.15, 0.2) is 5.82 Å². The number of anilines is 1. The maximum atomic E-state index is 12.3. The molecule has 128 valence electrons. The Morgan fingerprint density at radius 1 is 1.16 bits per heavy atom. The van der Waals surface area contributed by atoms with Crippen LogP contribution < -0.4 is 10.6 Å². The van der Waals surface area contributed by atoms with Gasteiger partial charge < -0.3 is 10.6 Å². The molecule has 3 rings (SSSR count). The molecular formula is C17H16N4O2S2. The topological polar surface area (TPSA) is 84.0 Å². The summed E-state index contributed by atoms with van der Waals surface area (Å²) in [6.07, 6.45) is 0.139. The summed E-state index contributed by atoms with van der Waals surface area (Å²) in [4.78, 5) is 29.0. The van der Waals surface area contributed by atoms with Crippen LogP contribution in [-0.4, -0.2) is 21.2 Å². The Morgan fingerprint density at radius 3 is 2.64 bits per heavy atom. The number of nitrogens with one attached hydrogen (secondary N) is 2. The Balaban J connectivity index is 1.65. The van der Waals surface area contributed by atoms with Crippen LogP contribution in [0.25, 0.3) is 11.4 Å². The van der Waals surface area contributed by atoms with E-state index in [0.717, 1.165) is 22.0 Å². The highest BCUT2D eigenvalue weighted by Crippen LogP contribution is 2.24. The van der Waals surface area contributed by atoms with Gasteiger partial charge in [0.05, 0.1) is 12.5 Å². The van der Waals surface area contributed by atoms with Crippen LogP contribution in [0, 0.1) is 0 Å². The molecule has 0 radical (unpaired) electrons. The predicted molar refractivity (Wildman–Crippen MR) is 99.5 cm³/mol. The predicted octanol–water partition coefficient (Wildman–Crippen LogP) is 3.47. The number of amides is 2. The third kappa shape index (κ3) is 4.71. The Bertz CT molecular complexity index is 847. The molecule has 2 aromatic heterocycles. The van der Waals surface area contributed by atoms with Crippen LogP contribution in [0.2, 0.25) is 0 Å². The van der Waals surface area contributed by atoms with Gasteiger partial charge in [-0.1, -0.05) is 36.4 Å². The van der Waals surface area contributed by atoms with E-state index < -0.39 is 0 Å². The molecule has 3 aromatic rings. The van der Waals surface area contributed by atoms with Crippen molar-refractivity contribution in [3.05, 3.63) is 52.7 Å². The smallest absolute Gasteiger partial charge is 0.228 e. The summed E-state index contributed by atoms with van der Waals surface area (Å²) in [6.45, 7) is 1.44. The molecule has 0 saturated heterocycles. The van der Waals surface area contributed by atoms with Crippen LogP contribution in [0.3, 0.4) is 0 Å². The summed E-state index contributed by atoms with van der Waals surface area (Å²) in [5.41, 5.74) is 0.897. The lowest BCUT2D eigenvalue weighted by atomic mass is 10.1. The van der Waals surface area contributed by atoms with Gasteiger partial charge in [-0.25, -0.2) is 0 Å². The standard InChI is InChI=1S/C17H16N4O2S2/c1-11(22)18-13(14-8-5-9-24-14)10-15(23)19-17-20-16(21-25-17)12-6-3-2-4-7-12/h2-9,13H,10H2,1H3,(H,18,22)(H,19,20,21,23). The number of nitrogens with zero attached hydrogens (tertiary/aromatic N) is 2. The molecule has 1 unspecified atom stereocenters. The number of aromatic nitrogens is 2. The minimum absolute atomic E-state index is 0.139. The van der Waals surface area contributed by atoms with E-state index in [4.69, 9.17) is 0 Å². The quantitative estimate of drug-likeness (QED) is 0.694. The van der Waals surface area contributed by atoms with E-state index >= 15 is 0 Å². The van der Waals surface area contributed by atoms with Crippen molar-refractivity contribution in [2.45, 2.75) is 19.4 Å². The molecule has 1 atom stereocenters. The Hall–Kier alpha value is -2.58. The maximum Gasteiger partial charge on any atom is 0.228 e. The summed E-state index contributed by atoms with van der Waals surface area (Å²) >= 11 is 2.64. The first kappa shape index (κ1) is 17.2. The van der Waals surface area contributed by atoms with Gasteiger partial charge in [0.25, 0.3) is 0 Å². The first-order valence-corrected chi connectivity index (χ1v) is 9.26. The van der Waals surface area contributed by atoms with Crippen LogP contribution in [0.1, 0.15) is 24.3 Å². The van der Waals surface area contributed by atoms with Crippen LogP contribution in [0.4, 0.5) is 5.13 Å². The molecule has 0 bridgehead atoms. The van der Waals surface area contributed by atoms with Crippen molar-refractivity contribution >= 4 is 39.8 Å². The third-order valence-electron chi connectivity index (χ3n) is 3.36. The molecule has 2 N–H and O–H groups in total. The second-order valence-electron chi connectivity index (χ2n) is 5.31. The molecule has 0 aliphatic carbocycles. The van der Waals surface area contributed by atoms with Gasteiger partial charge >= 0.3 is 0 Å². The number of carbonyl (C=O) groups is 2. The molecule has 6 nitrogen and oxygen atoms in total. The molecular weight excluding hydrogens is 356 g/mol. The van der Waals surface area contributed by atoms with Gasteiger partial charge in [-0.2, -0.15) is 9.36 Å². The van der Waals surface area contributed by atoms with E-state index in [1.54, 1.807) is 0 Å². The summed E-state index contributed by atoms with van der Waals surface area (Å²) in [6, 6.07) is 13.0. The minimum atomic E-state index is -0.348. The van der Waals surface area contributed by atoms with E-state index in [1.165, 1.54) is 18.3 Å². The summed E-state index contributed by atoms with van der Waals surface area (Å²) in [5.74, 6) is 0.189. The first-order valence-electron chi connectivity index (χ1n) is 7.61. The summed E-state index contributed by atoms with van der Waals surface area (Å²) in [5, 5.41) is 7.92. The monoisotopic (exact) mass is 372 g/mol. The fourth-order valence-electron chi connectivity index (χ4n) is 2.29. The SMILES string of the molecule is CC(=O)NC(CC(=O)Nc1nc(-c2ccccc2)ns1)c1cccs1. The fourth-order valence-corrected chi connectivity index (χ4v) is 3.68.